The number of carbonyl (C=O) groups excluding carboxylic acids is 1. The highest BCUT2D eigenvalue weighted by atomic mass is 16.6. The lowest BCUT2D eigenvalue weighted by atomic mass is 10.1. The van der Waals surface area contributed by atoms with E-state index in [1.54, 1.807) is 0 Å². The van der Waals surface area contributed by atoms with Gasteiger partial charge in [0, 0.05) is 13.0 Å². The summed E-state index contributed by atoms with van der Waals surface area (Å²) >= 11 is 0. The molecule has 0 saturated carbocycles. The molecule has 0 amide bonds. The van der Waals surface area contributed by atoms with E-state index in [2.05, 4.69) is 13.8 Å². The van der Waals surface area contributed by atoms with Gasteiger partial charge in [-0.2, -0.15) is 0 Å². The quantitative estimate of drug-likeness (QED) is 0.111. The minimum atomic E-state index is -0.130. The van der Waals surface area contributed by atoms with Gasteiger partial charge in [0.05, 0.1) is 72.7 Å². The van der Waals surface area contributed by atoms with Crippen LogP contribution in [0.3, 0.4) is 0 Å². The molecule has 0 aliphatic rings. The van der Waals surface area contributed by atoms with Crippen LogP contribution in [0, 0.1) is 0 Å². The summed E-state index contributed by atoms with van der Waals surface area (Å²) in [7, 11) is 0. The standard InChI is InChI=1S/C26H52O8/c1-3-5-7-8-9-10-11-12-26(27)34-25-24-33-23-22-32-21-20-31-19-18-30-17-16-29-15-14-28-13-6-4-2/h3-25H2,1-2H3. The van der Waals surface area contributed by atoms with E-state index in [0.29, 0.717) is 85.7 Å². The van der Waals surface area contributed by atoms with Gasteiger partial charge in [0.25, 0.3) is 0 Å². The molecule has 0 saturated heterocycles. The fourth-order valence-corrected chi connectivity index (χ4v) is 2.96. The fourth-order valence-electron chi connectivity index (χ4n) is 2.96. The third-order valence-corrected chi connectivity index (χ3v) is 4.98. The summed E-state index contributed by atoms with van der Waals surface area (Å²) in [6.07, 6.45) is 11.1. The molecular formula is C26H52O8. The Morgan fingerprint density at radius 1 is 0.412 bits per heavy atom. The molecule has 0 N–H and O–H groups in total. The smallest absolute Gasteiger partial charge is 0.305 e. The minimum absolute atomic E-state index is 0.130. The lowest BCUT2D eigenvalue weighted by Crippen LogP contribution is -2.15. The maximum absolute atomic E-state index is 11.6. The second-order valence-corrected chi connectivity index (χ2v) is 8.12. The number of hydrogen-bond donors (Lipinski definition) is 0. The molecule has 8 nitrogen and oxygen atoms in total. The van der Waals surface area contributed by atoms with Crippen molar-refractivity contribution in [2.45, 2.75) is 78.1 Å². The molecule has 0 spiro atoms. The zero-order valence-electron chi connectivity index (χ0n) is 22.0. The molecule has 0 aromatic rings. The van der Waals surface area contributed by atoms with Crippen LogP contribution in [-0.2, 0) is 38.0 Å². The summed E-state index contributed by atoms with van der Waals surface area (Å²) < 4.78 is 37.7. The summed E-state index contributed by atoms with van der Waals surface area (Å²) in [5, 5.41) is 0. The molecule has 0 aromatic heterocycles. The van der Waals surface area contributed by atoms with Gasteiger partial charge in [-0.15, -0.1) is 0 Å². The van der Waals surface area contributed by atoms with Crippen LogP contribution in [0.5, 0.6) is 0 Å². The summed E-state index contributed by atoms with van der Waals surface area (Å²) in [5.41, 5.74) is 0. The van der Waals surface area contributed by atoms with Crippen LogP contribution in [0.15, 0.2) is 0 Å². The Bertz CT molecular complexity index is 395. The average molecular weight is 493 g/mol. The molecule has 34 heavy (non-hydrogen) atoms. The lowest BCUT2D eigenvalue weighted by Gasteiger charge is -2.08. The summed E-state index contributed by atoms with van der Waals surface area (Å²) in [4.78, 5) is 11.6. The predicted molar refractivity (Wildman–Crippen MR) is 133 cm³/mol. The molecule has 204 valence electrons. The van der Waals surface area contributed by atoms with Crippen molar-refractivity contribution in [3.05, 3.63) is 0 Å². The van der Waals surface area contributed by atoms with Gasteiger partial charge in [-0.25, -0.2) is 0 Å². The molecule has 0 fully saturated rings. The Hall–Kier alpha value is -0.770. The lowest BCUT2D eigenvalue weighted by molar-refractivity contribution is -0.145. The van der Waals surface area contributed by atoms with E-state index in [-0.39, 0.29) is 5.97 Å². The topological polar surface area (TPSA) is 81.7 Å². The number of carbonyl (C=O) groups is 1. The van der Waals surface area contributed by atoms with Gasteiger partial charge < -0.3 is 33.2 Å². The summed E-state index contributed by atoms with van der Waals surface area (Å²) in [6, 6.07) is 0. The van der Waals surface area contributed by atoms with E-state index in [1.165, 1.54) is 32.1 Å². The number of esters is 1. The fraction of sp³-hybridized carbons (Fsp3) is 0.962. The molecule has 0 bridgehead atoms. The predicted octanol–water partition coefficient (Wildman–Crippen LogP) is 4.57. The maximum atomic E-state index is 11.6. The Kier molecular flexibility index (Phi) is 29.6. The van der Waals surface area contributed by atoms with Crippen LogP contribution in [-0.4, -0.2) is 91.9 Å². The van der Waals surface area contributed by atoms with Crippen LogP contribution in [0.1, 0.15) is 78.1 Å². The van der Waals surface area contributed by atoms with Crippen molar-refractivity contribution in [1.29, 1.82) is 0 Å². The Labute approximate surface area is 208 Å². The zero-order valence-corrected chi connectivity index (χ0v) is 22.0. The largest absolute Gasteiger partial charge is 0.463 e. The van der Waals surface area contributed by atoms with Crippen molar-refractivity contribution in [2.24, 2.45) is 0 Å². The number of ether oxygens (including phenoxy) is 7. The molecular weight excluding hydrogens is 440 g/mol. The minimum Gasteiger partial charge on any atom is -0.463 e. The Balaban J connectivity index is 3.10. The first-order chi connectivity index (χ1) is 16.8. The van der Waals surface area contributed by atoms with Crippen LogP contribution in [0.4, 0.5) is 0 Å². The SMILES string of the molecule is CCCCCCCCCC(=O)OCCOCCOCCOCCOCCOCCOCCCC. The Morgan fingerprint density at radius 2 is 0.765 bits per heavy atom. The molecule has 0 atom stereocenters. The van der Waals surface area contributed by atoms with Crippen LogP contribution in [0.25, 0.3) is 0 Å². The molecule has 8 heteroatoms. The van der Waals surface area contributed by atoms with Gasteiger partial charge in [0.15, 0.2) is 0 Å². The van der Waals surface area contributed by atoms with Crippen LogP contribution >= 0.6 is 0 Å². The molecule has 0 rings (SSSR count). The normalized spacial score (nSPS) is 11.2. The maximum Gasteiger partial charge on any atom is 0.305 e. The van der Waals surface area contributed by atoms with Crippen molar-refractivity contribution in [3.8, 4) is 0 Å². The van der Waals surface area contributed by atoms with Gasteiger partial charge in [-0.3, -0.25) is 4.79 Å². The highest BCUT2D eigenvalue weighted by Gasteiger charge is 2.02. The number of rotatable bonds is 29. The summed E-state index contributed by atoms with van der Waals surface area (Å²) in [6.45, 7) is 11.3. The third-order valence-electron chi connectivity index (χ3n) is 4.98. The van der Waals surface area contributed by atoms with Gasteiger partial charge in [0.1, 0.15) is 6.61 Å². The van der Waals surface area contributed by atoms with Crippen molar-refractivity contribution >= 4 is 5.97 Å². The average Bonchev–Trinajstić information content (AvgIpc) is 2.84. The van der Waals surface area contributed by atoms with Gasteiger partial charge >= 0.3 is 5.97 Å². The van der Waals surface area contributed by atoms with Crippen LogP contribution in [0.2, 0.25) is 0 Å². The van der Waals surface area contributed by atoms with Gasteiger partial charge in [0.2, 0.25) is 0 Å². The molecule has 0 heterocycles. The van der Waals surface area contributed by atoms with E-state index in [4.69, 9.17) is 33.2 Å². The second-order valence-electron chi connectivity index (χ2n) is 8.12. The van der Waals surface area contributed by atoms with Gasteiger partial charge in [-0.05, 0) is 12.8 Å². The van der Waals surface area contributed by atoms with E-state index in [0.717, 1.165) is 32.3 Å². The van der Waals surface area contributed by atoms with Crippen molar-refractivity contribution in [2.75, 3.05) is 85.9 Å². The molecule has 0 aliphatic carbocycles. The van der Waals surface area contributed by atoms with E-state index >= 15 is 0 Å². The number of unbranched alkanes of at least 4 members (excludes halogenated alkanes) is 7. The first kappa shape index (κ1) is 33.2. The highest BCUT2D eigenvalue weighted by Crippen LogP contribution is 2.08. The first-order valence-electron chi connectivity index (χ1n) is 13.4. The second kappa shape index (κ2) is 30.3. The zero-order chi connectivity index (χ0) is 24.8. The summed E-state index contributed by atoms with van der Waals surface area (Å²) in [5.74, 6) is -0.130. The van der Waals surface area contributed by atoms with E-state index in [1.807, 2.05) is 0 Å². The molecule has 0 aliphatic heterocycles. The van der Waals surface area contributed by atoms with Crippen LogP contribution < -0.4 is 0 Å². The highest BCUT2D eigenvalue weighted by molar-refractivity contribution is 5.69. The first-order valence-corrected chi connectivity index (χ1v) is 13.4. The third kappa shape index (κ3) is 29.3. The molecule has 0 unspecified atom stereocenters. The van der Waals surface area contributed by atoms with Crippen molar-refractivity contribution < 1.29 is 38.0 Å². The van der Waals surface area contributed by atoms with E-state index < -0.39 is 0 Å². The molecule has 0 aromatic carbocycles. The monoisotopic (exact) mass is 492 g/mol. The van der Waals surface area contributed by atoms with Crippen molar-refractivity contribution in [1.82, 2.24) is 0 Å². The van der Waals surface area contributed by atoms with Crippen molar-refractivity contribution in [3.63, 3.8) is 0 Å². The van der Waals surface area contributed by atoms with E-state index in [9.17, 15) is 4.79 Å². The van der Waals surface area contributed by atoms with Gasteiger partial charge in [-0.1, -0.05) is 58.8 Å². The molecule has 0 radical (unpaired) electrons. The Morgan fingerprint density at radius 3 is 1.21 bits per heavy atom. The number of hydrogen-bond acceptors (Lipinski definition) is 8.